The summed E-state index contributed by atoms with van der Waals surface area (Å²) in [4.78, 5) is 17.3. The molecule has 0 aliphatic rings. The molecule has 0 aliphatic heterocycles. The molecule has 0 atom stereocenters. The van der Waals surface area contributed by atoms with E-state index in [0.717, 1.165) is 27.1 Å². The Hall–Kier alpha value is -1.66. The predicted molar refractivity (Wildman–Crippen MR) is 86.9 cm³/mol. The number of hydrogen-bond donors (Lipinski definition) is 1. The highest BCUT2D eigenvalue weighted by molar-refractivity contribution is 9.10. The van der Waals surface area contributed by atoms with E-state index in [1.807, 2.05) is 22.7 Å². The summed E-state index contributed by atoms with van der Waals surface area (Å²) in [5.41, 5.74) is 2.81. The summed E-state index contributed by atoms with van der Waals surface area (Å²) >= 11 is 5.06. The lowest BCUT2D eigenvalue weighted by Crippen LogP contribution is -1.99. The van der Waals surface area contributed by atoms with Gasteiger partial charge in [-0.15, -0.1) is 11.3 Å². The fraction of sp³-hybridized carbons (Fsp3) is 0.200. The zero-order valence-corrected chi connectivity index (χ0v) is 13.7. The van der Waals surface area contributed by atoms with Crippen LogP contribution in [-0.2, 0) is 17.6 Å². The predicted octanol–water partition coefficient (Wildman–Crippen LogP) is 4.01. The van der Waals surface area contributed by atoms with Crippen LogP contribution in [0.2, 0.25) is 0 Å². The average molecular weight is 365 g/mol. The normalized spacial score (nSPS) is 11.1. The van der Waals surface area contributed by atoms with E-state index in [9.17, 15) is 4.79 Å². The molecule has 0 fully saturated rings. The van der Waals surface area contributed by atoms with Gasteiger partial charge in [-0.05, 0) is 24.1 Å². The molecule has 1 N–H and O–H groups in total. The Balaban J connectivity index is 2.16. The van der Waals surface area contributed by atoms with Crippen LogP contribution in [0.3, 0.4) is 0 Å². The Bertz CT molecular complexity index is 805. The average Bonchev–Trinajstić information content (AvgIpc) is 2.95. The number of thiazole rings is 1. The summed E-state index contributed by atoms with van der Waals surface area (Å²) in [7, 11) is 0. The van der Waals surface area contributed by atoms with Crippen LogP contribution in [0.4, 0.5) is 0 Å². The topological polar surface area (TPSA) is 54.6 Å². The Kier molecular flexibility index (Phi) is 3.82. The second-order valence-electron chi connectivity index (χ2n) is 4.69. The molecule has 21 heavy (non-hydrogen) atoms. The number of aliphatic carboxylic acids is 1. The Morgan fingerprint density at radius 2 is 2.10 bits per heavy atom. The zero-order chi connectivity index (χ0) is 15.0. The van der Waals surface area contributed by atoms with Gasteiger partial charge in [0, 0.05) is 15.5 Å². The summed E-state index contributed by atoms with van der Waals surface area (Å²) < 4.78 is 3.04. The zero-order valence-electron chi connectivity index (χ0n) is 11.3. The Morgan fingerprint density at radius 1 is 1.38 bits per heavy atom. The number of carboxylic acid groups (broad SMARTS) is 1. The first-order chi connectivity index (χ1) is 10.1. The van der Waals surface area contributed by atoms with Crippen molar-refractivity contribution in [1.82, 2.24) is 9.38 Å². The molecule has 1 aromatic carbocycles. The van der Waals surface area contributed by atoms with E-state index in [0.29, 0.717) is 5.69 Å². The van der Waals surface area contributed by atoms with Crippen molar-refractivity contribution in [3.05, 3.63) is 45.5 Å². The van der Waals surface area contributed by atoms with Crippen molar-refractivity contribution in [3.63, 3.8) is 0 Å². The second kappa shape index (κ2) is 5.61. The second-order valence-corrected chi connectivity index (χ2v) is 6.67. The molecular formula is C15H13BrN2O2S. The number of benzene rings is 1. The molecule has 0 aliphatic carbocycles. The van der Waals surface area contributed by atoms with Gasteiger partial charge in [-0.2, -0.15) is 0 Å². The lowest BCUT2D eigenvalue weighted by molar-refractivity contribution is -0.136. The van der Waals surface area contributed by atoms with Gasteiger partial charge in [-0.1, -0.05) is 35.0 Å². The van der Waals surface area contributed by atoms with Crippen LogP contribution in [0.5, 0.6) is 0 Å². The van der Waals surface area contributed by atoms with E-state index >= 15 is 0 Å². The lowest BCUT2D eigenvalue weighted by Gasteiger charge is -2.03. The van der Waals surface area contributed by atoms with Gasteiger partial charge in [0.25, 0.3) is 0 Å². The number of aromatic nitrogens is 2. The van der Waals surface area contributed by atoms with Crippen molar-refractivity contribution < 1.29 is 9.90 Å². The molecular weight excluding hydrogens is 352 g/mol. The number of nitrogens with zero attached hydrogens (tertiary/aromatic N) is 2. The number of rotatable bonds is 4. The molecule has 2 aromatic heterocycles. The monoisotopic (exact) mass is 364 g/mol. The van der Waals surface area contributed by atoms with Gasteiger partial charge < -0.3 is 5.11 Å². The minimum Gasteiger partial charge on any atom is -0.481 e. The highest BCUT2D eigenvalue weighted by Gasteiger charge is 2.16. The first kappa shape index (κ1) is 14.3. The minimum absolute atomic E-state index is 0.0460. The molecule has 6 heteroatoms. The summed E-state index contributed by atoms with van der Waals surface area (Å²) in [5.74, 6) is -0.860. The van der Waals surface area contributed by atoms with Crippen LogP contribution in [0.25, 0.3) is 16.2 Å². The molecule has 3 rings (SSSR count). The maximum absolute atomic E-state index is 10.8. The van der Waals surface area contributed by atoms with Gasteiger partial charge in [0.2, 0.25) is 0 Å². The van der Waals surface area contributed by atoms with E-state index in [2.05, 4.69) is 40.0 Å². The molecule has 0 spiro atoms. The van der Waals surface area contributed by atoms with Crippen molar-refractivity contribution in [2.75, 3.05) is 0 Å². The summed E-state index contributed by atoms with van der Waals surface area (Å²) in [6.07, 6.45) is 2.71. The number of halogens is 1. The standard InChI is InChI=1S/C15H13BrN2O2S/c1-2-12-14(9-3-5-10(16)6-4-9)18-8-11(7-13(19)20)17-15(18)21-12/h3-6,8H,2,7H2,1H3,(H,19,20). The molecule has 3 aromatic rings. The van der Waals surface area contributed by atoms with Crippen LogP contribution in [0.15, 0.2) is 34.9 Å². The SMILES string of the molecule is CCc1sc2nc(CC(=O)O)cn2c1-c1ccc(Br)cc1. The van der Waals surface area contributed by atoms with E-state index < -0.39 is 5.97 Å². The van der Waals surface area contributed by atoms with Crippen LogP contribution < -0.4 is 0 Å². The summed E-state index contributed by atoms with van der Waals surface area (Å²) in [5, 5.41) is 8.90. The van der Waals surface area contributed by atoms with Crippen LogP contribution in [0.1, 0.15) is 17.5 Å². The fourth-order valence-electron chi connectivity index (χ4n) is 2.32. The third-order valence-electron chi connectivity index (χ3n) is 3.21. The smallest absolute Gasteiger partial charge is 0.309 e. The Labute approximate surface area is 134 Å². The highest BCUT2D eigenvalue weighted by Crippen LogP contribution is 2.33. The molecule has 0 amide bonds. The lowest BCUT2D eigenvalue weighted by atomic mass is 10.1. The van der Waals surface area contributed by atoms with Gasteiger partial charge in [0.05, 0.1) is 17.8 Å². The highest BCUT2D eigenvalue weighted by atomic mass is 79.9. The molecule has 0 radical (unpaired) electrons. The van der Waals surface area contributed by atoms with Gasteiger partial charge >= 0.3 is 5.97 Å². The third kappa shape index (κ3) is 2.73. The first-order valence-corrected chi connectivity index (χ1v) is 8.16. The number of imidazole rings is 1. The fourth-order valence-corrected chi connectivity index (χ4v) is 3.67. The molecule has 0 unspecified atom stereocenters. The molecule has 4 nitrogen and oxygen atoms in total. The number of aryl methyl sites for hydroxylation is 1. The maximum atomic E-state index is 10.8. The molecule has 108 valence electrons. The first-order valence-electron chi connectivity index (χ1n) is 6.56. The Morgan fingerprint density at radius 3 is 2.71 bits per heavy atom. The number of hydrogen-bond acceptors (Lipinski definition) is 3. The van der Waals surface area contributed by atoms with E-state index in [1.54, 1.807) is 11.3 Å². The van der Waals surface area contributed by atoms with Crippen LogP contribution in [0, 0.1) is 0 Å². The summed E-state index contributed by atoms with van der Waals surface area (Å²) in [6, 6.07) is 8.13. The van der Waals surface area contributed by atoms with Crippen LogP contribution in [-0.4, -0.2) is 20.5 Å². The minimum atomic E-state index is -0.860. The number of carbonyl (C=O) groups is 1. The molecule has 0 saturated heterocycles. The number of fused-ring (bicyclic) bond motifs is 1. The summed E-state index contributed by atoms with van der Waals surface area (Å²) in [6.45, 7) is 2.12. The number of carboxylic acids is 1. The quantitative estimate of drug-likeness (QED) is 0.760. The van der Waals surface area contributed by atoms with E-state index in [4.69, 9.17) is 5.11 Å². The molecule has 0 bridgehead atoms. The van der Waals surface area contributed by atoms with Crippen molar-refractivity contribution in [1.29, 1.82) is 0 Å². The third-order valence-corrected chi connectivity index (χ3v) is 4.94. The van der Waals surface area contributed by atoms with E-state index in [1.165, 1.54) is 4.88 Å². The van der Waals surface area contributed by atoms with Crippen molar-refractivity contribution in [2.24, 2.45) is 0 Å². The van der Waals surface area contributed by atoms with E-state index in [-0.39, 0.29) is 6.42 Å². The van der Waals surface area contributed by atoms with Gasteiger partial charge in [0.15, 0.2) is 4.96 Å². The van der Waals surface area contributed by atoms with Gasteiger partial charge in [-0.3, -0.25) is 9.20 Å². The van der Waals surface area contributed by atoms with Crippen LogP contribution >= 0.6 is 27.3 Å². The molecule has 2 heterocycles. The largest absolute Gasteiger partial charge is 0.481 e. The maximum Gasteiger partial charge on any atom is 0.309 e. The van der Waals surface area contributed by atoms with Gasteiger partial charge in [0.1, 0.15) is 0 Å². The van der Waals surface area contributed by atoms with Crippen molar-refractivity contribution in [3.8, 4) is 11.3 Å². The van der Waals surface area contributed by atoms with Crippen molar-refractivity contribution in [2.45, 2.75) is 19.8 Å². The molecule has 0 saturated carbocycles. The van der Waals surface area contributed by atoms with Crippen molar-refractivity contribution >= 4 is 38.2 Å². The van der Waals surface area contributed by atoms with Gasteiger partial charge in [-0.25, -0.2) is 4.98 Å².